The number of carbonyl (C=O) groups excluding carboxylic acids is 2. The maximum atomic E-state index is 11.5. The maximum Gasteiger partial charge on any atom is 0.322 e. The Morgan fingerprint density at radius 2 is 1.95 bits per heavy atom. The molecule has 0 aliphatic carbocycles. The molecule has 0 bridgehead atoms. The molecule has 5 nitrogen and oxygen atoms in total. The van der Waals surface area contributed by atoms with Gasteiger partial charge in [-0.25, -0.2) is 0 Å². The number of benzene rings is 1. The van der Waals surface area contributed by atoms with Gasteiger partial charge in [0.15, 0.2) is 0 Å². The summed E-state index contributed by atoms with van der Waals surface area (Å²) in [5.41, 5.74) is 11.8. The minimum atomic E-state index is -0.776. The Hall–Kier alpha value is -1.53. The summed E-state index contributed by atoms with van der Waals surface area (Å²) >= 11 is 1.69. The van der Waals surface area contributed by atoms with Crippen molar-refractivity contribution in [3.05, 3.63) is 35.9 Å². The second-order valence-corrected chi connectivity index (χ2v) is 5.42. The van der Waals surface area contributed by atoms with E-state index >= 15 is 0 Å². The number of thioether (sulfide) groups is 1. The average molecular weight is 296 g/mol. The molecule has 1 rings (SSSR count). The molecule has 0 spiro atoms. The van der Waals surface area contributed by atoms with E-state index < -0.39 is 17.9 Å². The molecule has 1 aromatic rings. The number of esters is 1. The van der Waals surface area contributed by atoms with Gasteiger partial charge in [0.05, 0.1) is 0 Å². The van der Waals surface area contributed by atoms with Gasteiger partial charge in [0.1, 0.15) is 12.6 Å². The van der Waals surface area contributed by atoms with Gasteiger partial charge >= 0.3 is 5.97 Å². The molecule has 1 amide bonds. The summed E-state index contributed by atoms with van der Waals surface area (Å²) in [7, 11) is 0. The molecule has 0 radical (unpaired) electrons. The van der Waals surface area contributed by atoms with Gasteiger partial charge in [0.2, 0.25) is 5.91 Å². The Morgan fingerprint density at radius 3 is 2.60 bits per heavy atom. The molecule has 0 fully saturated rings. The van der Waals surface area contributed by atoms with Gasteiger partial charge in [-0.15, -0.1) is 0 Å². The third-order valence-electron chi connectivity index (χ3n) is 2.59. The molecule has 0 unspecified atom stereocenters. The Balaban J connectivity index is 2.08. The van der Waals surface area contributed by atoms with Crippen LogP contribution in [0, 0.1) is 0 Å². The highest BCUT2D eigenvalue weighted by Crippen LogP contribution is 2.11. The molecule has 0 aliphatic heterocycles. The summed E-state index contributed by atoms with van der Waals surface area (Å²) in [6, 6.07) is 9.30. The van der Waals surface area contributed by atoms with Crippen molar-refractivity contribution in [1.82, 2.24) is 0 Å². The summed E-state index contributed by atoms with van der Waals surface area (Å²) in [6.07, 6.45) is 0.324. The summed E-state index contributed by atoms with van der Waals surface area (Å²) in [6.45, 7) is 0.320. The molecule has 0 aromatic heterocycles. The van der Waals surface area contributed by atoms with Crippen molar-refractivity contribution >= 4 is 23.6 Å². The summed E-state index contributed by atoms with van der Waals surface area (Å²) in [5, 5.41) is 0. The molecular formula is C14H20N2O3S. The van der Waals surface area contributed by atoms with Crippen LogP contribution in [0.4, 0.5) is 0 Å². The zero-order valence-electron chi connectivity index (χ0n) is 11.3. The van der Waals surface area contributed by atoms with E-state index in [4.69, 9.17) is 16.2 Å². The van der Waals surface area contributed by atoms with Gasteiger partial charge < -0.3 is 16.2 Å². The van der Waals surface area contributed by atoms with E-state index in [0.29, 0.717) is 12.4 Å². The average Bonchev–Trinajstić information content (AvgIpc) is 2.45. The molecule has 0 heterocycles. The fourth-order valence-corrected chi connectivity index (χ4v) is 2.26. The lowest BCUT2D eigenvalue weighted by Gasteiger charge is -2.10. The molecular weight excluding hydrogens is 276 g/mol. The Bertz CT molecular complexity index is 426. The second kappa shape index (κ2) is 9.39. The Labute approximate surface area is 123 Å². The molecule has 1 atom stereocenters. The van der Waals surface area contributed by atoms with Crippen molar-refractivity contribution in [3.8, 4) is 0 Å². The van der Waals surface area contributed by atoms with Crippen molar-refractivity contribution in [2.45, 2.75) is 24.6 Å². The van der Waals surface area contributed by atoms with Gasteiger partial charge in [-0.3, -0.25) is 9.59 Å². The number of rotatable bonds is 9. The van der Waals surface area contributed by atoms with E-state index in [1.54, 1.807) is 11.8 Å². The number of hydrogen-bond donors (Lipinski definition) is 2. The highest BCUT2D eigenvalue weighted by Gasteiger charge is 2.15. The minimum Gasteiger partial charge on any atom is -0.464 e. The van der Waals surface area contributed by atoms with Crippen molar-refractivity contribution in [2.75, 3.05) is 12.4 Å². The van der Waals surface area contributed by atoms with Crippen molar-refractivity contribution in [1.29, 1.82) is 0 Å². The van der Waals surface area contributed by atoms with Gasteiger partial charge in [-0.1, -0.05) is 30.3 Å². The summed E-state index contributed by atoms with van der Waals surface area (Å²) in [4.78, 5) is 22.1. The highest BCUT2D eigenvalue weighted by molar-refractivity contribution is 7.98. The van der Waals surface area contributed by atoms with Crippen LogP contribution in [0.2, 0.25) is 0 Å². The first-order valence-electron chi connectivity index (χ1n) is 6.42. The maximum absolute atomic E-state index is 11.5. The fraction of sp³-hybridized carbons (Fsp3) is 0.429. The number of amides is 1. The number of primary amides is 1. The lowest BCUT2D eigenvalue weighted by molar-refractivity contribution is -0.144. The van der Waals surface area contributed by atoms with Crippen LogP contribution in [0.3, 0.4) is 0 Å². The third kappa shape index (κ3) is 7.16. The van der Waals surface area contributed by atoms with Crippen molar-refractivity contribution in [2.24, 2.45) is 11.5 Å². The largest absolute Gasteiger partial charge is 0.464 e. The van der Waals surface area contributed by atoms with Gasteiger partial charge in [-0.2, -0.15) is 11.8 Å². The molecule has 1 aromatic carbocycles. The molecule has 0 saturated carbocycles. The summed E-state index contributed by atoms with van der Waals surface area (Å²) in [5.74, 6) is 0.646. The fourth-order valence-electron chi connectivity index (χ4n) is 1.49. The van der Waals surface area contributed by atoms with Gasteiger partial charge in [0.25, 0.3) is 0 Å². The van der Waals surface area contributed by atoms with Gasteiger partial charge in [0, 0.05) is 17.9 Å². The first-order chi connectivity index (χ1) is 9.59. The molecule has 6 heteroatoms. The van der Waals surface area contributed by atoms with Gasteiger partial charge in [-0.05, 0) is 12.0 Å². The highest BCUT2D eigenvalue weighted by atomic mass is 32.2. The molecule has 110 valence electrons. The zero-order valence-corrected chi connectivity index (χ0v) is 12.1. The normalized spacial score (nSPS) is 11.8. The van der Waals surface area contributed by atoms with Crippen LogP contribution in [0.25, 0.3) is 0 Å². The zero-order chi connectivity index (χ0) is 14.8. The van der Waals surface area contributed by atoms with E-state index in [1.807, 2.05) is 18.2 Å². The number of hydrogen-bond acceptors (Lipinski definition) is 5. The molecule has 0 aliphatic rings. The minimum absolute atomic E-state index is 0.0963. The third-order valence-corrected chi connectivity index (χ3v) is 3.58. The Morgan fingerprint density at radius 1 is 1.25 bits per heavy atom. The van der Waals surface area contributed by atoms with E-state index in [0.717, 1.165) is 5.75 Å². The predicted molar refractivity (Wildman–Crippen MR) is 80.0 cm³/mol. The molecule has 4 N–H and O–H groups in total. The summed E-state index contributed by atoms with van der Waals surface area (Å²) < 4.78 is 5.04. The topological polar surface area (TPSA) is 95.4 Å². The van der Waals surface area contributed by atoms with Crippen LogP contribution in [0.1, 0.15) is 18.4 Å². The van der Waals surface area contributed by atoms with Crippen molar-refractivity contribution in [3.63, 3.8) is 0 Å². The predicted octanol–water partition coefficient (Wildman–Crippen LogP) is 1.06. The Kier molecular flexibility index (Phi) is 7.75. The first kappa shape index (κ1) is 16.5. The van der Waals surface area contributed by atoms with Crippen molar-refractivity contribution < 1.29 is 14.3 Å². The van der Waals surface area contributed by atoms with E-state index in [1.165, 1.54) is 5.56 Å². The van der Waals surface area contributed by atoms with E-state index in [9.17, 15) is 9.59 Å². The SMILES string of the molecule is NC(=O)CC[C@H](N)C(=O)OCCSCc1ccccc1. The smallest absolute Gasteiger partial charge is 0.322 e. The molecule has 0 saturated heterocycles. The number of carbonyl (C=O) groups is 2. The van der Waals surface area contributed by atoms with E-state index in [2.05, 4.69) is 12.1 Å². The second-order valence-electron chi connectivity index (χ2n) is 4.32. The van der Waals surface area contributed by atoms with E-state index in [-0.39, 0.29) is 12.8 Å². The van der Waals surface area contributed by atoms with Crippen LogP contribution in [0.15, 0.2) is 30.3 Å². The van der Waals surface area contributed by atoms with Crippen LogP contribution in [-0.2, 0) is 20.1 Å². The van der Waals surface area contributed by atoms with Crippen LogP contribution in [-0.4, -0.2) is 30.3 Å². The monoisotopic (exact) mass is 296 g/mol. The standard InChI is InChI=1S/C14H20N2O3S/c15-12(6-7-13(16)17)14(18)19-8-9-20-10-11-4-2-1-3-5-11/h1-5,12H,6-10,15H2,(H2,16,17)/t12-/m0/s1. The number of nitrogens with two attached hydrogens (primary N) is 2. The number of ether oxygens (including phenoxy) is 1. The quantitative estimate of drug-likeness (QED) is 0.524. The lowest BCUT2D eigenvalue weighted by atomic mass is 10.1. The van der Waals surface area contributed by atoms with Crippen LogP contribution < -0.4 is 11.5 Å². The first-order valence-corrected chi connectivity index (χ1v) is 7.57. The lowest BCUT2D eigenvalue weighted by Crippen LogP contribution is -2.33. The van der Waals surface area contributed by atoms with Crippen LogP contribution in [0.5, 0.6) is 0 Å². The molecule has 20 heavy (non-hydrogen) atoms. The van der Waals surface area contributed by atoms with Crippen LogP contribution >= 0.6 is 11.8 Å².